The van der Waals surface area contributed by atoms with E-state index in [1.807, 2.05) is 44.2 Å². The van der Waals surface area contributed by atoms with E-state index in [1.54, 1.807) is 6.21 Å². The Bertz CT molecular complexity index is 757. The Labute approximate surface area is 124 Å². The van der Waals surface area contributed by atoms with Crippen molar-refractivity contribution in [2.24, 2.45) is 5.16 Å². The van der Waals surface area contributed by atoms with E-state index >= 15 is 0 Å². The van der Waals surface area contributed by atoms with Gasteiger partial charge in [0.05, 0.1) is 11.9 Å². The summed E-state index contributed by atoms with van der Waals surface area (Å²) in [7, 11) is 0. The van der Waals surface area contributed by atoms with Crippen molar-refractivity contribution in [2.75, 3.05) is 0 Å². The van der Waals surface area contributed by atoms with Gasteiger partial charge in [-0.3, -0.25) is 0 Å². The molecule has 0 bridgehead atoms. The number of oxime groups is 1. The van der Waals surface area contributed by atoms with Crippen LogP contribution in [0.3, 0.4) is 0 Å². The fourth-order valence-corrected chi connectivity index (χ4v) is 2.34. The first kappa shape index (κ1) is 13.4. The van der Waals surface area contributed by atoms with Crippen LogP contribution in [0.25, 0.3) is 22.2 Å². The summed E-state index contributed by atoms with van der Waals surface area (Å²) in [5.74, 6) is 0. The van der Waals surface area contributed by atoms with Gasteiger partial charge < -0.3 is 9.82 Å². The molecule has 106 valence electrons. The van der Waals surface area contributed by atoms with E-state index in [2.05, 4.69) is 34.4 Å². The van der Waals surface area contributed by atoms with E-state index in [9.17, 15) is 0 Å². The van der Waals surface area contributed by atoms with Crippen molar-refractivity contribution in [3.8, 4) is 11.3 Å². The van der Waals surface area contributed by atoms with Gasteiger partial charge in [-0.25, -0.2) is 0 Å². The molecule has 0 saturated carbocycles. The van der Waals surface area contributed by atoms with Crippen LogP contribution in [0.2, 0.25) is 0 Å². The Balaban J connectivity index is 2.12. The van der Waals surface area contributed by atoms with Gasteiger partial charge in [-0.1, -0.05) is 53.7 Å². The van der Waals surface area contributed by atoms with Crippen molar-refractivity contribution in [1.82, 2.24) is 4.98 Å². The monoisotopic (exact) mass is 278 g/mol. The van der Waals surface area contributed by atoms with Crippen LogP contribution in [-0.4, -0.2) is 17.3 Å². The van der Waals surface area contributed by atoms with Crippen LogP contribution in [0.5, 0.6) is 0 Å². The van der Waals surface area contributed by atoms with Crippen LogP contribution in [0.1, 0.15) is 19.4 Å². The normalized spacial score (nSPS) is 11.6. The van der Waals surface area contributed by atoms with Crippen molar-refractivity contribution >= 4 is 17.1 Å². The summed E-state index contributed by atoms with van der Waals surface area (Å²) in [5, 5.41) is 5.25. The standard InChI is InChI=1S/C18H18N2O/c1-13(2)21-19-12-16-15-10-6-7-11-17(15)20-18(16)14-8-4-3-5-9-14/h3-13,20H,1-2H3. The number of nitrogens with one attached hydrogen (secondary N) is 1. The quantitative estimate of drug-likeness (QED) is 0.550. The lowest BCUT2D eigenvalue weighted by molar-refractivity contribution is 0.0874. The number of H-pyrrole nitrogens is 1. The highest BCUT2D eigenvalue weighted by atomic mass is 16.6. The maximum atomic E-state index is 5.31. The molecular formula is C18H18N2O. The highest BCUT2D eigenvalue weighted by Crippen LogP contribution is 2.28. The van der Waals surface area contributed by atoms with Crippen LogP contribution in [-0.2, 0) is 4.84 Å². The molecule has 3 aromatic rings. The highest BCUT2D eigenvalue weighted by Gasteiger charge is 2.11. The lowest BCUT2D eigenvalue weighted by Crippen LogP contribution is -1.96. The first-order valence-corrected chi connectivity index (χ1v) is 7.11. The number of rotatable bonds is 4. The Morgan fingerprint density at radius 3 is 2.48 bits per heavy atom. The Kier molecular flexibility index (Phi) is 3.73. The second-order valence-corrected chi connectivity index (χ2v) is 5.21. The van der Waals surface area contributed by atoms with E-state index in [4.69, 9.17) is 4.84 Å². The third-order valence-corrected chi connectivity index (χ3v) is 3.26. The average molecular weight is 278 g/mol. The zero-order chi connectivity index (χ0) is 14.7. The fourth-order valence-electron chi connectivity index (χ4n) is 2.34. The number of para-hydroxylation sites is 1. The smallest absolute Gasteiger partial charge is 0.122 e. The third-order valence-electron chi connectivity index (χ3n) is 3.26. The Morgan fingerprint density at radius 1 is 1.00 bits per heavy atom. The van der Waals surface area contributed by atoms with E-state index in [0.717, 1.165) is 27.7 Å². The van der Waals surface area contributed by atoms with Gasteiger partial charge in [-0.2, -0.15) is 0 Å². The van der Waals surface area contributed by atoms with Crippen LogP contribution in [0, 0.1) is 0 Å². The zero-order valence-electron chi connectivity index (χ0n) is 12.2. The summed E-state index contributed by atoms with van der Waals surface area (Å²) in [6.07, 6.45) is 1.87. The molecule has 0 fully saturated rings. The van der Waals surface area contributed by atoms with E-state index in [0.29, 0.717) is 0 Å². The lowest BCUT2D eigenvalue weighted by atomic mass is 10.1. The van der Waals surface area contributed by atoms with Crippen molar-refractivity contribution in [3.63, 3.8) is 0 Å². The van der Waals surface area contributed by atoms with E-state index < -0.39 is 0 Å². The van der Waals surface area contributed by atoms with Gasteiger partial charge >= 0.3 is 0 Å². The molecule has 1 N–H and O–H groups in total. The van der Waals surface area contributed by atoms with Gasteiger partial charge in [0.1, 0.15) is 6.10 Å². The fraction of sp³-hybridized carbons (Fsp3) is 0.167. The molecule has 0 aliphatic heterocycles. The lowest BCUT2D eigenvalue weighted by Gasteiger charge is -2.02. The first-order valence-electron chi connectivity index (χ1n) is 7.11. The molecule has 0 aliphatic carbocycles. The van der Waals surface area contributed by atoms with Crippen molar-refractivity contribution < 1.29 is 4.84 Å². The molecule has 3 rings (SSSR count). The highest BCUT2D eigenvalue weighted by molar-refractivity contribution is 6.05. The number of benzene rings is 2. The minimum atomic E-state index is 0.0756. The van der Waals surface area contributed by atoms with Crippen LogP contribution in [0.4, 0.5) is 0 Å². The molecule has 2 aromatic carbocycles. The maximum absolute atomic E-state index is 5.31. The number of aromatic nitrogens is 1. The molecule has 0 spiro atoms. The summed E-state index contributed by atoms with van der Waals surface area (Å²) in [6.45, 7) is 3.93. The van der Waals surface area contributed by atoms with Gasteiger partial charge in [-0.15, -0.1) is 0 Å². The van der Waals surface area contributed by atoms with Crippen molar-refractivity contribution in [2.45, 2.75) is 20.0 Å². The maximum Gasteiger partial charge on any atom is 0.122 e. The van der Waals surface area contributed by atoms with Gasteiger partial charge in [0, 0.05) is 16.5 Å². The minimum absolute atomic E-state index is 0.0756. The summed E-state index contributed by atoms with van der Waals surface area (Å²) in [4.78, 5) is 8.78. The van der Waals surface area contributed by atoms with Crippen LogP contribution in [0.15, 0.2) is 59.8 Å². The van der Waals surface area contributed by atoms with Crippen LogP contribution >= 0.6 is 0 Å². The van der Waals surface area contributed by atoms with Gasteiger partial charge in [0.2, 0.25) is 0 Å². The number of aromatic amines is 1. The molecule has 0 saturated heterocycles. The number of hydrogen-bond acceptors (Lipinski definition) is 2. The van der Waals surface area contributed by atoms with E-state index in [-0.39, 0.29) is 6.10 Å². The Hall–Kier alpha value is -2.55. The predicted molar refractivity (Wildman–Crippen MR) is 87.5 cm³/mol. The van der Waals surface area contributed by atoms with Crippen molar-refractivity contribution in [1.29, 1.82) is 0 Å². The molecule has 0 amide bonds. The molecule has 0 unspecified atom stereocenters. The number of hydrogen-bond donors (Lipinski definition) is 1. The second kappa shape index (κ2) is 5.83. The topological polar surface area (TPSA) is 37.4 Å². The number of nitrogens with zero attached hydrogens (tertiary/aromatic N) is 1. The van der Waals surface area contributed by atoms with Gasteiger partial charge in [0.15, 0.2) is 0 Å². The van der Waals surface area contributed by atoms with Gasteiger partial charge in [0.25, 0.3) is 0 Å². The predicted octanol–water partition coefficient (Wildman–Crippen LogP) is 4.59. The average Bonchev–Trinajstić information content (AvgIpc) is 2.87. The molecule has 21 heavy (non-hydrogen) atoms. The van der Waals surface area contributed by atoms with Crippen molar-refractivity contribution in [3.05, 3.63) is 60.2 Å². The number of fused-ring (bicyclic) bond motifs is 1. The molecule has 0 radical (unpaired) electrons. The van der Waals surface area contributed by atoms with Crippen LogP contribution < -0.4 is 0 Å². The molecular weight excluding hydrogens is 260 g/mol. The summed E-state index contributed by atoms with van der Waals surface area (Å²) >= 11 is 0. The zero-order valence-corrected chi connectivity index (χ0v) is 12.2. The van der Waals surface area contributed by atoms with Gasteiger partial charge in [-0.05, 0) is 25.5 Å². The first-order chi connectivity index (χ1) is 10.3. The molecule has 1 aromatic heterocycles. The SMILES string of the molecule is CC(C)ON=Cc1c(-c2ccccc2)[nH]c2ccccc12. The van der Waals surface area contributed by atoms with E-state index in [1.165, 1.54) is 0 Å². The summed E-state index contributed by atoms with van der Waals surface area (Å²) in [5.41, 5.74) is 4.35. The molecule has 3 nitrogen and oxygen atoms in total. The molecule has 3 heteroatoms. The summed E-state index contributed by atoms with van der Waals surface area (Å²) in [6, 6.07) is 18.5. The molecule has 0 aliphatic rings. The Morgan fingerprint density at radius 2 is 1.71 bits per heavy atom. The summed E-state index contributed by atoms with van der Waals surface area (Å²) < 4.78 is 0. The molecule has 0 atom stereocenters. The second-order valence-electron chi connectivity index (χ2n) is 5.21. The minimum Gasteiger partial charge on any atom is -0.393 e. The molecule has 1 heterocycles. The third kappa shape index (κ3) is 2.82. The largest absolute Gasteiger partial charge is 0.393 e.